The van der Waals surface area contributed by atoms with E-state index in [-0.39, 0.29) is 12.4 Å². The Hall–Kier alpha value is 0.560. The molecule has 2 nitrogen and oxygen atoms in total. The predicted octanol–water partition coefficient (Wildman–Crippen LogP) is 1.83. The standard InChI is InChI=1S/C11H22N2S.ClH/c12-7-10-1-4-13(5-2-10)8-11-3-6-14-9-11;/h10-11H,1-9,12H2;1H. The van der Waals surface area contributed by atoms with Crippen LogP contribution in [0.1, 0.15) is 19.3 Å². The molecule has 2 rings (SSSR count). The fourth-order valence-corrected chi connectivity index (χ4v) is 3.77. The zero-order valence-electron chi connectivity index (χ0n) is 9.36. The van der Waals surface area contributed by atoms with Gasteiger partial charge in [0.15, 0.2) is 0 Å². The van der Waals surface area contributed by atoms with Crippen LogP contribution in [0.3, 0.4) is 0 Å². The molecule has 2 aliphatic heterocycles. The van der Waals surface area contributed by atoms with Crippen molar-refractivity contribution in [2.75, 3.05) is 37.7 Å². The van der Waals surface area contributed by atoms with Crippen molar-refractivity contribution in [3.8, 4) is 0 Å². The van der Waals surface area contributed by atoms with Gasteiger partial charge in [0, 0.05) is 6.54 Å². The van der Waals surface area contributed by atoms with Crippen LogP contribution in [0.15, 0.2) is 0 Å². The summed E-state index contributed by atoms with van der Waals surface area (Å²) in [5.74, 6) is 4.58. The maximum Gasteiger partial charge on any atom is 0.00178 e. The van der Waals surface area contributed by atoms with E-state index in [1.807, 2.05) is 0 Å². The molecule has 0 spiro atoms. The molecule has 1 atom stereocenters. The van der Waals surface area contributed by atoms with Gasteiger partial charge in [0.25, 0.3) is 0 Å². The van der Waals surface area contributed by atoms with Gasteiger partial charge in [-0.15, -0.1) is 12.4 Å². The van der Waals surface area contributed by atoms with E-state index in [9.17, 15) is 0 Å². The number of nitrogens with zero attached hydrogens (tertiary/aromatic N) is 1. The molecule has 0 aliphatic carbocycles. The first-order valence-electron chi connectivity index (χ1n) is 5.88. The van der Waals surface area contributed by atoms with Gasteiger partial charge in [0.2, 0.25) is 0 Å². The van der Waals surface area contributed by atoms with Crippen molar-refractivity contribution >= 4 is 24.2 Å². The monoisotopic (exact) mass is 250 g/mol. The van der Waals surface area contributed by atoms with Crippen LogP contribution < -0.4 is 5.73 Å². The number of likely N-dealkylation sites (tertiary alicyclic amines) is 1. The molecule has 4 heteroatoms. The second kappa shape index (κ2) is 7.00. The summed E-state index contributed by atoms with van der Waals surface area (Å²) < 4.78 is 0. The Balaban J connectivity index is 0.00000112. The van der Waals surface area contributed by atoms with Crippen molar-refractivity contribution < 1.29 is 0 Å². The van der Waals surface area contributed by atoms with Gasteiger partial charge in [0.05, 0.1) is 0 Å². The van der Waals surface area contributed by atoms with Crippen molar-refractivity contribution in [3.05, 3.63) is 0 Å². The number of hydrogen-bond acceptors (Lipinski definition) is 3. The van der Waals surface area contributed by atoms with Gasteiger partial charge in [-0.25, -0.2) is 0 Å². The van der Waals surface area contributed by atoms with Gasteiger partial charge < -0.3 is 10.6 Å². The molecule has 2 saturated heterocycles. The molecule has 2 fully saturated rings. The van der Waals surface area contributed by atoms with E-state index in [2.05, 4.69) is 16.7 Å². The van der Waals surface area contributed by atoms with Crippen LogP contribution in [0.4, 0.5) is 0 Å². The van der Waals surface area contributed by atoms with E-state index in [0.29, 0.717) is 0 Å². The fraction of sp³-hybridized carbons (Fsp3) is 1.00. The van der Waals surface area contributed by atoms with Gasteiger partial charge in [-0.3, -0.25) is 0 Å². The highest BCUT2D eigenvalue weighted by molar-refractivity contribution is 7.99. The highest BCUT2D eigenvalue weighted by Crippen LogP contribution is 2.25. The Bertz CT molecular complexity index is 166. The summed E-state index contributed by atoms with van der Waals surface area (Å²) in [6.45, 7) is 4.84. The summed E-state index contributed by atoms with van der Waals surface area (Å²) in [7, 11) is 0. The van der Waals surface area contributed by atoms with E-state index < -0.39 is 0 Å². The highest BCUT2D eigenvalue weighted by atomic mass is 35.5. The average molecular weight is 251 g/mol. The van der Waals surface area contributed by atoms with Crippen LogP contribution in [-0.4, -0.2) is 42.6 Å². The van der Waals surface area contributed by atoms with Gasteiger partial charge in [-0.2, -0.15) is 11.8 Å². The second-order valence-corrected chi connectivity index (χ2v) is 5.86. The van der Waals surface area contributed by atoms with Crippen LogP contribution in [-0.2, 0) is 0 Å². The van der Waals surface area contributed by atoms with Crippen molar-refractivity contribution in [2.24, 2.45) is 17.6 Å². The molecule has 1 unspecified atom stereocenters. The fourth-order valence-electron chi connectivity index (χ4n) is 2.50. The molecule has 2 aliphatic rings. The van der Waals surface area contributed by atoms with Gasteiger partial charge in [-0.1, -0.05) is 0 Å². The molecule has 0 aromatic rings. The number of piperidine rings is 1. The van der Waals surface area contributed by atoms with Gasteiger partial charge >= 0.3 is 0 Å². The number of rotatable bonds is 3. The normalized spacial score (nSPS) is 29.0. The molecule has 0 amide bonds. The van der Waals surface area contributed by atoms with Crippen LogP contribution in [0.5, 0.6) is 0 Å². The first-order chi connectivity index (χ1) is 6.88. The quantitative estimate of drug-likeness (QED) is 0.829. The highest BCUT2D eigenvalue weighted by Gasteiger charge is 2.22. The second-order valence-electron chi connectivity index (χ2n) is 4.71. The summed E-state index contributed by atoms with van der Waals surface area (Å²) in [6.07, 6.45) is 4.11. The minimum absolute atomic E-state index is 0. The number of halogens is 1. The lowest BCUT2D eigenvalue weighted by molar-refractivity contribution is 0.168. The summed E-state index contributed by atoms with van der Waals surface area (Å²) in [5, 5.41) is 0. The lowest BCUT2D eigenvalue weighted by Crippen LogP contribution is -2.38. The molecule has 0 aromatic heterocycles. The number of thioether (sulfide) groups is 1. The number of nitrogens with two attached hydrogens (primary N) is 1. The first-order valence-corrected chi connectivity index (χ1v) is 7.04. The molecular weight excluding hydrogens is 228 g/mol. The van der Waals surface area contributed by atoms with Crippen molar-refractivity contribution in [1.82, 2.24) is 4.90 Å². The summed E-state index contributed by atoms with van der Waals surface area (Å²) in [6, 6.07) is 0. The average Bonchev–Trinajstić information content (AvgIpc) is 2.72. The van der Waals surface area contributed by atoms with E-state index in [1.165, 1.54) is 50.4 Å². The Morgan fingerprint density at radius 3 is 2.40 bits per heavy atom. The predicted molar refractivity (Wildman–Crippen MR) is 70.9 cm³/mol. The Labute approximate surface area is 104 Å². The molecule has 90 valence electrons. The lowest BCUT2D eigenvalue weighted by atomic mass is 9.96. The maximum absolute atomic E-state index is 5.69. The molecule has 15 heavy (non-hydrogen) atoms. The third-order valence-corrected chi connectivity index (χ3v) is 4.81. The summed E-state index contributed by atoms with van der Waals surface area (Å²) in [4.78, 5) is 2.66. The van der Waals surface area contributed by atoms with Gasteiger partial charge in [-0.05, 0) is 62.2 Å². The summed E-state index contributed by atoms with van der Waals surface area (Å²) in [5.41, 5.74) is 5.69. The van der Waals surface area contributed by atoms with Crippen LogP contribution in [0.25, 0.3) is 0 Å². The minimum atomic E-state index is 0. The zero-order valence-corrected chi connectivity index (χ0v) is 11.0. The molecule has 2 N–H and O–H groups in total. The number of hydrogen-bond donors (Lipinski definition) is 1. The van der Waals surface area contributed by atoms with Crippen molar-refractivity contribution in [2.45, 2.75) is 19.3 Å². The third kappa shape index (κ3) is 4.14. The smallest absolute Gasteiger partial charge is 0.00178 e. The first kappa shape index (κ1) is 13.6. The largest absolute Gasteiger partial charge is 0.330 e. The summed E-state index contributed by atoms with van der Waals surface area (Å²) >= 11 is 2.13. The molecular formula is C11H23ClN2S. The molecule has 0 bridgehead atoms. The van der Waals surface area contributed by atoms with Crippen molar-refractivity contribution in [3.63, 3.8) is 0 Å². The SMILES string of the molecule is Cl.NCC1CCN(CC2CCSC2)CC1. The maximum atomic E-state index is 5.69. The molecule has 0 saturated carbocycles. The van der Waals surface area contributed by atoms with Gasteiger partial charge in [0.1, 0.15) is 0 Å². The lowest BCUT2D eigenvalue weighted by Gasteiger charge is -2.32. The van der Waals surface area contributed by atoms with Crippen LogP contribution in [0, 0.1) is 11.8 Å². The van der Waals surface area contributed by atoms with E-state index >= 15 is 0 Å². The Morgan fingerprint density at radius 2 is 1.87 bits per heavy atom. The molecule has 0 aromatic carbocycles. The topological polar surface area (TPSA) is 29.3 Å². The zero-order chi connectivity index (χ0) is 9.80. The van der Waals surface area contributed by atoms with E-state index in [0.717, 1.165) is 18.4 Å². The third-order valence-electron chi connectivity index (χ3n) is 3.58. The Morgan fingerprint density at radius 1 is 1.13 bits per heavy atom. The molecule has 0 radical (unpaired) electrons. The molecule has 2 heterocycles. The van der Waals surface area contributed by atoms with E-state index in [1.54, 1.807) is 0 Å². The van der Waals surface area contributed by atoms with Crippen LogP contribution in [0.2, 0.25) is 0 Å². The van der Waals surface area contributed by atoms with Crippen molar-refractivity contribution in [1.29, 1.82) is 0 Å². The Kier molecular flexibility index (Phi) is 6.36. The minimum Gasteiger partial charge on any atom is -0.330 e. The van der Waals surface area contributed by atoms with E-state index in [4.69, 9.17) is 5.73 Å². The van der Waals surface area contributed by atoms with Crippen LogP contribution >= 0.6 is 24.2 Å².